The number of ether oxygens (including phenoxy) is 1. The lowest BCUT2D eigenvalue weighted by atomic mass is 10.2. The van der Waals surface area contributed by atoms with Crippen molar-refractivity contribution in [1.29, 1.82) is 0 Å². The minimum atomic E-state index is -0.0675. The highest BCUT2D eigenvalue weighted by atomic mass is 16.5. The van der Waals surface area contributed by atoms with E-state index in [0.29, 0.717) is 12.1 Å². The van der Waals surface area contributed by atoms with Crippen molar-refractivity contribution in [2.24, 2.45) is 0 Å². The first kappa shape index (κ1) is 14.7. The number of hydrogen-bond acceptors (Lipinski definition) is 5. The Morgan fingerprint density at radius 3 is 2.85 bits per heavy atom. The number of carbonyl (C=O) groups excluding carboxylic acids is 1. The number of pyridine rings is 1. The van der Waals surface area contributed by atoms with Gasteiger partial charge in [-0.05, 0) is 25.1 Å². The Hall–Kier alpha value is -1.66. The van der Waals surface area contributed by atoms with Crippen LogP contribution in [0.4, 0.5) is 5.82 Å². The van der Waals surface area contributed by atoms with Crippen LogP contribution in [-0.4, -0.2) is 62.2 Å². The quantitative estimate of drug-likeness (QED) is 0.745. The largest absolute Gasteiger partial charge is 0.379 e. The van der Waals surface area contributed by atoms with Gasteiger partial charge in [-0.3, -0.25) is 9.69 Å². The molecule has 1 aliphatic heterocycles. The Kier molecular flexibility index (Phi) is 5.76. The molecule has 2 heterocycles. The molecule has 0 spiro atoms. The second-order valence-electron chi connectivity index (χ2n) is 4.75. The Morgan fingerprint density at radius 1 is 1.40 bits per heavy atom. The van der Waals surface area contributed by atoms with Gasteiger partial charge in [0.05, 0.1) is 18.8 Å². The number of aromatic nitrogens is 1. The van der Waals surface area contributed by atoms with Crippen molar-refractivity contribution < 1.29 is 9.53 Å². The summed E-state index contributed by atoms with van der Waals surface area (Å²) in [5, 5.41) is 5.84. The van der Waals surface area contributed by atoms with E-state index in [1.54, 1.807) is 25.4 Å². The van der Waals surface area contributed by atoms with Gasteiger partial charge in [0.1, 0.15) is 5.82 Å². The summed E-state index contributed by atoms with van der Waals surface area (Å²) in [5.41, 5.74) is 0.593. The second-order valence-corrected chi connectivity index (χ2v) is 4.75. The standard InChI is InChI=1S/C14H22N4O2/c1-15-13-4-3-12(11-17-13)14(19)16-5-2-6-18-7-9-20-10-8-18/h3-4,11H,2,5-10H2,1H3,(H,15,17)(H,16,19). The van der Waals surface area contributed by atoms with Crippen LogP contribution in [0.15, 0.2) is 18.3 Å². The Morgan fingerprint density at radius 2 is 2.20 bits per heavy atom. The normalized spacial score (nSPS) is 15.8. The van der Waals surface area contributed by atoms with Gasteiger partial charge >= 0.3 is 0 Å². The number of rotatable bonds is 6. The number of nitrogens with zero attached hydrogens (tertiary/aromatic N) is 2. The number of nitrogens with one attached hydrogen (secondary N) is 2. The van der Waals surface area contributed by atoms with Gasteiger partial charge in [0.15, 0.2) is 0 Å². The zero-order valence-corrected chi connectivity index (χ0v) is 11.9. The maximum absolute atomic E-state index is 11.9. The Bertz CT molecular complexity index is 416. The third-order valence-electron chi connectivity index (χ3n) is 3.32. The van der Waals surface area contributed by atoms with E-state index in [1.165, 1.54) is 0 Å². The molecule has 1 amide bonds. The summed E-state index contributed by atoms with van der Waals surface area (Å²) in [7, 11) is 1.80. The maximum Gasteiger partial charge on any atom is 0.252 e. The lowest BCUT2D eigenvalue weighted by Gasteiger charge is -2.26. The molecule has 2 rings (SSSR count). The van der Waals surface area contributed by atoms with Crippen molar-refractivity contribution in [2.45, 2.75) is 6.42 Å². The van der Waals surface area contributed by atoms with Gasteiger partial charge in [-0.15, -0.1) is 0 Å². The molecule has 0 aromatic carbocycles. The molecular formula is C14H22N4O2. The summed E-state index contributed by atoms with van der Waals surface area (Å²) >= 11 is 0. The molecule has 0 aliphatic carbocycles. The van der Waals surface area contributed by atoms with Crippen LogP contribution in [0.1, 0.15) is 16.8 Å². The number of morpholine rings is 1. The van der Waals surface area contributed by atoms with Crippen LogP contribution < -0.4 is 10.6 Å². The van der Waals surface area contributed by atoms with Crippen molar-refractivity contribution in [2.75, 3.05) is 51.8 Å². The highest BCUT2D eigenvalue weighted by Crippen LogP contribution is 2.04. The molecule has 6 heteroatoms. The van der Waals surface area contributed by atoms with Crippen LogP contribution in [0, 0.1) is 0 Å². The monoisotopic (exact) mass is 278 g/mol. The lowest BCUT2D eigenvalue weighted by molar-refractivity contribution is 0.0374. The van der Waals surface area contributed by atoms with E-state index in [-0.39, 0.29) is 5.91 Å². The van der Waals surface area contributed by atoms with Gasteiger partial charge in [-0.2, -0.15) is 0 Å². The minimum absolute atomic E-state index is 0.0675. The fraction of sp³-hybridized carbons (Fsp3) is 0.571. The molecule has 1 aromatic heterocycles. The van der Waals surface area contributed by atoms with Gasteiger partial charge in [-0.25, -0.2) is 4.98 Å². The zero-order valence-electron chi connectivity index (χ0n) is 11.9. The van der Waals surface area contributed by atoms with Crippen LogP contribution in [0.2, 0.25) is 0 Å². The Balaban J connectivity index is 1.66. The van der Waals surface area contributed by atoms with Crippen LogP contribution >= 0.6 is 0 Å². The maximum atomic E-state index is 11.9. The summed E-state index contributed by atoms with van der Waals surface area (Å²) in [6, 6.07) is 3.57. The molecule has 0 bridgehead atoms. The summed E-state index contributed by atoms with van der Waals surface area (Å²) < 4.78 is 5.30. The minimum Gasteiger partial charge on any atom is -0.379 e. The van der Waals surface area contributed by atoms with E-state index in [1.807, 2.05) is 0 Å². The first-order valence-corrected chi connectivity index (χ1v) is 7.01. The number of amides is 1. The fourth-order valence-electron chi connectivity index (χ4n) is 2.11. The topological polar surface area (TPSA) is 66.5 Å². The molecule has 0 radical (unpaired) electrons. The lowest BCUT2D eigenvalue weighted by Crippen LogP contribution is -2.38. The molecule has 1 saturated heterocycles. The Labute approximate surface area is 119 Å². The molecule has 6 nitrogen and oxygen atoms in total. The van der Waals surface area contributed by atoms with Crippen LogP contribution in [0.5, 0.6) is 0 Å². The number of hydrogen-bond donors (Lipinski definition) is 2. The molecule has 0 saturated carbocycles. The summed E-state index contributed by atoms with van der Waals surface area (Å²) in [6.45, 7) is 5.29. The SMILES string of the molecule is CNc1ccc(C(=O)NCCCN2CCOCC2)cn1. The molecule has 1 fully saturated rings. The molecule has 0 unspecified atom stereocenters. The summed E-state index contributed by atoms with van der Waals surface area (Å²) in [5.74, 6) is 0.691. The second kappa shape index (κ2) is 7.81. The first-order valence-electron chi connectivity index (χ1n) is 7.01. The van der Waals surface area contributed by atoms with Crippen molar-refractivity contribution >= 4 is 11.7 Å². The highest BCUT2D eigenvalue weighted by molar-refractivity contribution is 5.93. The van der Waals surface area contributed by atoms with Crippen LogP contribution in [-0.2, 0) is 4.74 Å². The van der Waals surface area contributed by atoms with Crippen molar-refractivity contribution in [3.63, 3.8) is 0 Å². The van der Waals surface area contributed by atoms with E-state index >= 15 is 0 Å². The van der Waals surface area contributed by atoms with Crippen LogP contribution in [0.3, 0.4) is 0 Å². The van der Waals surface area contributed by atoms with E-state index in [4.69, 9.17) is 4.74 Å². The predicted octanol–water partition coefficient (Wildman–Crippen LogP) is 0.575. The van der Waals surface area contributed by atoms with E-state index in [9.17, 15) is 4.79 Å². The molecular weight excluding hydrogens is 256 g/mol. The average Bonchev–Trinajstić information content (AvgIpc) is 2.52. The zero-order chi connectivity index (χ0) is 14.2. The average molecular weight is 278 g/mol. The van der Waals surface area contributed by atoms with E-state index < -0.39 is 0 Å². The molecule has 110 valence electrons. The van der Waals surface area contributed by atoms with Crippen LogP contribution in [0.25, 0.3) is 0 Å². The fourth-order valence-corrected chi connectivity index (χ4v) is 2.11. The molecule has 2 N–H and O–H groups in total. The number of carbonyl (C=O) groups is 1. The smallest absolute Gasteiger partial charge is 0.252 e. The summed E-state index contributed by atoms with van der Waals surface area (Å²) in [6.07, 6.45) is 2.54. The van der Waals surface area contributed by atoms with Gasteiger partial charge < -0.3 is 15.4 Å². The van der Waals surface area contributed by atoms with Gasteiger partial charge in [0, 0.05) is 32.9 Å². The third kappa shape index (κ3) is 4.47. The molecule has 20 heavy (non-hydrogen) atoms. The van der Waals surface area contributed by atoms with Gasteiger partial charge in [0.25, 0.3) is 5.91 Å². The number of anilines is 1. The van der Waals surface area contributed by atoms with Gasteiger partial charge in [-0.1, -0.05) is 0 Å². The predicted molar refractivity (Wildman–Crippen MR) is 78.0 cm³/mol. The third-order valence-corrected chi connectivity index (χ3v) is 3.32. The van der Waals surface area contributed by atoms with E-state index in [2.05, 4.69) is 20.5 Å². The molecule has 0 atom stereocenters. The van der Waals surface area contributed by atoms with Crippen molar-refractivity contribution in [1.82, 2.24) is 15.2 Å². The molecule has 1 aromatic rings. The van der Waals surface area contributed by atoms with Crippen molar-refractivity contribution in [3.8, 4) is 0 Å². The highest BCUT2D eigenvalue weighted by Gasteiger charge is 2.10. The van der Waals surface area contributed by atoms with Crippen molar-refractivity contribution in [3.05, 3.63) is 23.9 Å². The van der Waals surface area contributed by atoms with Gasteiger partial charge in [0.2, 0.25) is 0 Å². The summed E-state index contributed by atoms with van der Waals surface area (Å²) in [4.78, 5) is 18.4. The first-order chi connectivity index (χ1) is 9.79. The molecule has 1 aliphatic rings. The van der Waals surface area contributed by atoms with E-state index in [0.717, 1.165) is 45.1 Å².